The minimum Gasteiger partial charge on any atom is -0.478 e. The van der Waals surface area contributed by atoms with Crippen LogP contribution in [-0.4, -0.2) is 23.1 Å². The van der Waals surface area contributed by atoms with Crippen LogP contribution in [0.4, 0.5) is 0 Å². The first kappa shape index (κ1) is 10.6. The molecule has 0 aliphatic rings. The van der Waals surface area contributed by atoms with E-state index < -0.39 is 5.97 Å². The van der Waals surface area contributed by atoms with Crippen LogP contribution in [0.25, 0.3) is 10.9 Å². The molecule has 4 nitrogen and oxygen atoms in total. The van der Waals surface area contributed by atoms with Gasteiger partial charge in [-0.25, -0.2) is 4.79 Å². The first-order chi connectivity index (χ1) is 7.72. The Labute approximate surface area is 92.9 Å². The van der Waals surface area contributed by atoms with Crippen LogP contribution in [-0.2, 0) is 6.54 Å². The predicted octanol–water partition coefficient (Wildman–Crippen LogP) is 1.65. The summed E-state index contributed by atoms with van der Waals surface area (Å²) in [6.07, 6.45) is 0. The Kier molecular flexibility index (Phi) is 2.83. The molecule has 82 valence electrons. The third-order valence-electron chi connectivity index (χ3n) is 2.36. The highest BCUT2D eigenvalue weighted by molar-refractivity contribution is 6.02. The van der Waals surface area contributed by atoms with Crippen molar-refractivity contribution in [3.05, 3.63) is 41.6 Å². The van der Waals surface area contributed by atoms with E-state index in [2.05, 4.69) is 10.3 Å². The number of nitrogens with zero attached hydrogens (tertiary/aromatic N) is 1. The van der Waals surface area contributed by atoms with Gasteiger partial charge in [-0.05, 0) is 19.2 Å². The second-order valence-corrected chi connectivity index (χ2v) is 3.51. The van der Waals surface area contributed by atoms with Crippen molar-refractivity contribution in [3.63, 3.8) is 0 Å². The Balaban J connectivity index is 2.68. The van der Waals surface area contributed by atoms with Crippen LogP contribution in [0.5, 0.6) is 0 Å². The highest BCUT2D eigenvalue weighted by Gasteiger charge is 2.10. The molecule has 0 aliphatic heterocycles. The first-order valence-electron chi connectivity index (χ1n) is 4.99. The standard InChI is InChI=1S/C12H12N2O2/c1-13-7-8-6-10(12(15)16)9-4-2-3-5-11(9)14-8/h2-6,13H,7H2,1H3,(H,15,16). The average Bonchev–Trinajstić information content (AvgIpc) is 2.28. The number of nitrogens with one attached hydrogen (secondary N) is 1. The molecule has 2 aromatic rings. The number of benzene rings is 1. The fourth-order valence-electron chi connectivity index (χ4n) is 1.68. The zero-order chi connectivity index (χ0) is 11.5. The fourth-order valence-corrected chi connectivity index (χ4v) is 1.68. The first-order valence-corrected chi connectivity index (χ1v) is 4.99. The summed E-state index contributed by atoms with van der Waals surface area (Å²) in [5.74, 6) is -0.920. The van der Waals surface area contributed by atoms with Crippen LogP contribution < -0.4 is 5.32 Å². The van der Waals surface area contributed by atoms with Gasteiger partial charge in [-0.1, -0.05) is 18.2 Å². The van der Waals surface area contributed by atoms with Crippen LogP contribution >= 0.6 is 0 Å². The lowest BCUT2D eigenvalue weighted by Gasteiger charge is -2.05. The molecule has 0 saturated carbocycles. The van der Waals surface area contributed by atoms with Crippen LogP contribution in [0.2, 0.25) is 0 Å². The molecule has 0 bridgehead atoms. The van der Waals surface area contributed by atoms with E-state index in [9.17, 15) is 4.79 Å². The zero-order valence-corrected chi connectivity index (χ0v) is 8.90. The summed E-state index contributed by atoms with van der Waals surface area (Å²) in [4.78, 5) is 15.5. The van der Waals surface area contributed by atoms with E-state index in [0.29, 0.717) is 23.0 Å². The lowest BCUT2D eigenvalue weighted by molar-refractivity contribution is 0.0699. The van der Waals surface area contributed by atoms with Gasteiger partial charge in [0.05, 0.1) is 16.8 Å². The Morgan fingerprint density at radius 3 is 2.88 bits per heavy atom. The normalized spacial score (nSPS) is 10.6. The summed E-state index contributed by atoms with van der Waals surface area (Å²) < 4.78 is 0. The van der Waals surface area contributed by atoms with Crippen molar-refractivity contribution in [1.29, 1.82) is 0 Å². The van der Waals surface area contributed by atoms with Gasteiger partial charge in [0.15, 0.2) is 0 Å². The number of hydrogen-bond acceptors (Lipinski definition) is 3. The monoisotopic (exact) mass is 216 g/mol. The molecule has 4 heteroatoms. The molecule has 0 amide bonds. The molecule has 1 heterocycles. The predicted molar refractivity (Wildman–Crippen MR) is 61.5 cm³/mol. The van der Waals surface area contributed by atoms with Gasteiger partial charge >= 0.3 is 5.97 Å². The SMILES string of the molecule is CNCc1cc(C(=O)O)c2ccccc2n1. The molecule has 0 spiro atoms. The Bertz CT molecular complexity index is 538. The Morgan fingerprint density at radius 2 is 2.19 bits per heavy atom. The number of fused-ring (bicyclic) bond motifs is 1. The molecule has 0 atom stereocenters. The second-order valence-electron chi connectivity index (χ2n) is 3.51. The van der Waals surface area contributed by atoms with E-state index in [1.54, 1.807) is 19.2 Å². The molecule has 2 rings (SSSR count). The largest absolute Gasteiger partial charge is 0.478 e. The summed E-state index contributed by atoms with van der Waals surface area (Å²) in [7, 11) is 1.80. The molecule has 1 aromatic heterocycles. The van der Waals surface area contributed by atoms with Gasteiger partial charge in [-0.15, -0.1) is 0 Å². The molecular formula is C12H12N2O2. The lowest BCUT2D eigenvalue weighted by Crippen LogP contribution is -2.09. The highest BCUT2D eigenvalue weighted by Crippen LogP contribution is 2.18. The number of aromatic nitrogens is 1. The average molecular weight is 216 g/mol. The highest BCUT2D eigenvalue weighted by atomic mass is 16.4. The Morgan fingerprint density at radius 1 is 1.44 bits per heavy atom. The maximum Gasteiger partial charge on any atom is 0.336 e. The third kappa shape index (κ3) is 1.87. The summed E-state index contributed by atoms with van der Waals surface area (Å²) in [5.41, 5.74) is 1.75. The smallest absolute Gasteiger partial charge is 0.336 e. The molecule has 0 fully saturated rings. The van der Waals surface area contributed by atoms with E-state index in [1.807, 2.05) is 18.2 Å². The number of pyridine rings is 1. The van der Waals surface area contributed by atoms with E-state index in [4.69, 9.17) is 5.11 Å². The number of carboxylic acids is 1. The lowest BCUT2D eigenvalue weighted by atomic mass is 10.1. The molecular weight excluding hydrogens is 204 g/mol. The van der Waals surface area contributed by atoms with E-state index >= 15 is 0 Å². The van der Waals surface area contributed by atoms with Crippen molar-refractivity contribution < 1.29 is 9.90 Å². The minimum atomic E-state index is -0.920. The molecule has 16 heavy (non-hydrogen) atoms. The van der Waals surface area contributed by atoms with Crippen molar-refractivity contribution in [1.82, 2.24) is 10.3 Å². The molecule has 0 radical (unpaired) electrons. The minimum absolute atomic E-state index is 0.302. The van der Waals surface area contributed by atoms with Gasteiger partial charge in [0.1, 0.15) is 0 Å². The molecule has 0 unspecified atom stereocenters. The summed E-state index contributed by atoms with van der Waals surface area (Å²) in [6.45, 7) is 0.561. The number of hydrogen-bond donors (Lipinski definition) is 2. The van der Waals surface area contributed by atoms with Crippen molar-refractivity contribution in [2.24, 2.45) is 0 Å². The van der Waals surface area contributed by atoms with Crippen molar-refractivity contribution in [2.75, 3.05) is 7.05 Å². The molecule has 0 aliphatic carbocycles. The van der Waals surface area contributed by atoms with Crippen molar-refractivity contribution in [3.8, 4) is 0 Å². The quantitative estimate of drug-likeness (QED) is 0.819. The number of carbonyl (C=O) groups is 1. The van der Waals surface area contributed by atoms with Crippen LogP contribution in [0.15, 0.2) is 30.3 Å². The maximum absolute atomic E-state index is 11.1. The van der Waals surface area contributed by atoms with E-state index in [0.717, 1.165) is 5.69 Å². The van der Waals surface area contributed by atoms with E-state index in [1.165, 1.54) is 0 Å². The summed E-state index contributed by atoms with van der Waals surface area (Å²) in [5, 5.41) is 12.8. The van der Waals surface area contributed by atoms with Crippen LogP contribution in [0, 0.1) is 0 Å². The fraction of sp³-hybridized carbons (Fsp3) is 0.167. The van der Waals surface area contributed by atoms with Gasteiger partial charge in [-0.2, -0.15) is 0 Å². The molecule has 0 saturated heterocycles. The van der Waals surface area contributed by atoms with Gasteiger partial charge in [0, 0.05) is 11.9 Å². The van der Waals surface area contributed by atoms with Gasteiger partial charge in [-0.3, -0.25) is 4.98 Å². The topological polar surface area (TPSA) is 62.2 Å². The van der Waals surface area contributed by atoms with Gasteiger partial charge < -0.3 is 10.4 Å². The van der Waals surface area contributed by atoms with E-state index in [-0.39, 0.29) is 0 Å². The molecule has 1 aromatic carbocycles. The zero-order valence-electron chi connectivity index (χ0n) is 8.90. The number of carboxylic acid groups (broad SMARTS) is 1. The summed E-state index contributed by atoms with van der Waals surface area (Å²) in [6, 6.07) is 8.87. The van der Waals surface area contributed by atoms with Crippen molar-refractivity contribution >= 4 is 16.9 Å². The Hall–Kier alpha value is -1.94. The van der Waals surface area contributed by atoms with Crippen molar-refractivity contribution in [2.45, 2.75) is 6.54 Å². The van der Waals surface area contributed by atoms with Crippen LogP contribution in [0.3, 0.4) is 0 Å². The van der Waals surface area contributed by atoms with Gasteiger partial charge in [0.25, 0.3) is 0 Å². The third-order valence-corrected chi connectivity index (χ3v) is 2.36. The number of aromatic carboxylic acids is 1. The summed E-state index contributed by atoms with van der Waals surface area (Å²) >= 11 is 0. The second kappa shape index (κ2) is 4.28. The maximum atomic E-state index is 11.1. The van der Waals surface area contributed by atoms with Gasteiger partial charge in [0.2, 0.25) is 0 Å². The molecule has 2 N–H and O–H groups in total. The number of rotatable bonds is 3. The number of para-hydroxylation sites is 1. The van der Waals surface area contributed by atoms with Crippen LogP contribution in [0.1, 0.15) is 16.1 Å².